The van der Waals surface area contributed by atoms with E-state index in [0.29, 0.717) is 0 Å². The lowest BCUT2D eigenvalue weighted by Gasteiger charge is -2.36. The van der Waals surface area contributed by atoms with Gasteiger partial charge < -0.3 is 4.79 Å². The number of aldehydes is 1. The minimum Gasteiger partial charge on any atom is -0.302 e. The van der Waals surface area contributed by atoms with Crippen LogP contribution in [0, 0.1) is 0 Å². The van der Waals surface area contributed by atoms with E-state index in [1.54, 1.807) is 0 Å². The first kappa shape index (κ1) is 6.49. The molecule has 1 unspecified atom stereocenters. The number of carbonyl (C=O) groups excluding carboxylic acids is 1. The van der Waals surface area contributed by atoms with Gasteiger partial charge in [-0.15, -0.1) is 6.58 Å². The summed E-state index contributed by atoms with van der Waals surface area (Å²) >= 11 is 0. The molecule has 50 valence electrons. The monoisotopic (exact) mass is 125 g/mol. The molecule has 0 bridgehead atoms. The Morgan fingerprint density at radius 1 is 1.78 bits per heavy atom. The van der Waals surface area contributed by atoms with Gasteiger partial charge in [0.2, 0.25) is 0 Å². The lowest BCUT2D eigenvalue weighted by atomic mass is 10.1. The van der Waals surface area contributed by atoms with Crippen molar-refractivity contribution >= 4 is 6.29 Å². The highest BCUT2D eigenvalue weighted by Gasteiger charge is 2.25. The molecule has 1 aliphatic heterocycles. The predicted octanol–water partition coefficient (Wildman–Crippen LogP) is 0.446. The van der Waals surface area contributed by atoms with Crippen LogP contribution >= 0.6 is 0 Å². The fourth-order valence-electron chi connectivity index (χ4n) is 1.01. The molecule has 0 aromatic rings. The minimum atomic E-state index is 0.183. The third-order valence-electron chi connectivity index (χ3n) is 1.70. The summed E-state index contributed by atoms with van der Waals surface area (Å²) in [7, 11) is 0. The average Bonchev–Trinajstić information content (AvgIpc) is 1.82. The van der Waals surface area contributed by atoms with E-state index in [4.69, 9.17) is 0 Å². The maximum Gasteiger partial charge on any atom is 0.137 e. The van der Waals surface area contributed by atoms with Crippen LogP contribution in [0.1, 0.15) is 6.42 Å². The molecule has 2 heteroatoms. The van der Waals surface area contributed by atoms with Crippen LogP contribution in [0.25, 0.3) is 0 Å². The largest absolute Gasteiger partial charge is 0.302 e. The highest BCUT2D eigenvalue weighted by Crippen LogP contribution is 2.13. The predicted molar refractivity (Wildman–Crippen MR) is 36.2 cm³/mol. The summed E-state index contributed by atoms with van der Waals surface area (Å²) in [5.41, 5.74) is 0. The first-order chi connectivity index (χ1) is 4.38. The van der Waals surface area contributed by atoms with Crippen LogP contribution in [-0.2, 0) is 4.79 Å². The van der Waals surface area contributed by atoms with Crippen LogP contribution in [0.5, 0.6) is 0 Å². The summed E-state index contributed by atoms with van der Waals surface area (Å²) in [6, 6.07) is 0.183. The van der Waals surface area contributed by atoms with E-state index < -0.39 is 0 Å². The Kier molecular flexibility index (Phi) is 2.01. The van der Waals surface area contributed by atoms with Gasteiger partial charge in [-0.3, -0.25) is 4.90 Å². The van der Waals surface area contributed by atoms with Crippen LogP contribution in [0.4, 0.5) is 0 Å². The summed E-state index contributed by atoms with van der Waals surface area (Å²) in [5, 5.41) is 0. The third-order valence-corrected chi connectivity index (χ3v) is 1.70. The molecule has 9 heavy (non-hydrogen) atoms. The Bertz CT molecular complexity index is 122. The normalized spacial score (nSPS) is 26.9. The highest BCUT2D eigenvalue weighted by molar-refractivity contribution is 5.59. The van der Waals surface area contributed by atoms with Crippen LogP contribution < -0.4 is 0 Å². The molecule has 2 nitrogen and oxygen atoms in total. The lowest BCUT2D eigenvalue weighted by Crippen LogP contribution is -2.48. The molecule has 0 spiro atoms. The van der Waals surface area contributed by atoms with E-state index >= 15 is 0 Å². The molecule has 0 radical (unpaired) electrons. The Morgan fingerprint density at radius 3 is 2.89 bits per heavy atom. The number of likely N-dealkylation sites (tertiary alicyclic amines) is 1. The summed E-state index contributed by atoms with van der Waals surface area (Å²) in [6.07, 6.45) is 3.86. The first-order valence-electron chi connectivity index (χ1n) is 3.18. The van der Waals surface area contributed by atoms with Gasteiger partial charge >= 0.3 is 0 Å². The molecular formula is C7H11NO. The molecule has 1 rings (SSSR count). The second-order valence-corrected chi connectivity index (χ2v) is 2.28. The van der Waals surface area contributed by atoms with Gasteiger partial charge in [-0.2, -0.15) is 0 Å². The Balaban J connectivity index is 2.26. The Morgan fingerprint density at radius 2 is 2.56 bits per heavy atom. The maximum atomic E-state index is 10.2. The van der Waals surface area contributed by atoms with Gasteiger partial charge in [-0.25, -0.2) is 0 Å². The number of carbonyl (C=O) groups is 1. The van der Waals surface area contributed by atoms with Crippen molar-refractivity contribution in [3.8, 4) is 0 Å². The van der Waals surface area contributed by atoms with E-state index in [1.807, 2.05) is 6.08 Å². The molecule has 0 aromatic heterocycles. The SMILES string of the molecule is C=CCN1CCC1C=O. The van der Waals surface area contributed by atoms with Crippen molar-refractivity contribution in [3.63, 3.8) is 0 Å². The average molecular weight is 125 g/mol. The molecule has 0 amide bonds. The molecule has 0 aliphatic carbocycles. The number of hydrogen-bond donors (Lipinski definition) is 0. The molecular weight excluding hydrogens is 114 g/mol. The van der Waals surface area contributed by atoms with Crippen molar-refractivity contribution in [1.82, 2.24) is 4.90 Å². The van der Waals surface area contributed by atoms with Crippen LogP contribution in [-0.4, -0.2) is 30.3 Å². The summed E-state index contributed by atoms with van der Waals surface area (Å²) in [5.74, 6) is 0. The standard InChI is InChI=1S/C7H11NO/c1-2-4-8-5-3-7(8)6-9/h2,6-7H,1,3-5H2. The van der Waals surface area contributed by atoms with Crippen molar-refractivity contribution in [2.45, 2.75) is 12.5 Å². The summed E-state index contributed by atoms with van der Waals surface area (Å²) in [6.45, 7) is 5.50. The summed E-state index contributed by atoms with van der Waals surface area (Å²) in [4.78, 5) is 12.3. The van der Waals surface area contributed by atoms with Gasteiger partial charge in [-0.05, 0) is 6.42 Å². The van der Waals surface area contributed by atoms with E-state index in [-0.39, 0.29) is 6.04 Å². The van der Waals surface area contributed by atoms with Crippen molar-refractivity contribution in [3.05, 3.63) is 12.7 Å². The second-order valence-electron chi connectivity index (χ2n) is 2.28. The van der Waals surface area contributed by atoms with Crippen LogP contribution in [0.15, 0.2) is 12.7 Å². The van der Waals surface area contributed by atoms with E-state index in [0.717, 1.165) is 25.8 Å². The molecule has 1 atom stereocenters. The van der Waals surface area contributed by atoms with Crippen molar-refractivity contribution in [1.29, 1.82) is 0 Å². The zero-order chi connectivity index (χ0) is 6.69. The first-order valence-corrected chi connectivity index (χ1v) is 3.18. The smallest absolute Gasteiger partial charge is 0.137 e. The Hall–Kier alpha value is -0.630. The van der Waals surface area contributed by atoms with Gasteiger partial charge in [0, 0.05) is 13.1 Å². The van der Waals surface area contributed by atoms with Crippen molar-refractivity contribution in [2.24, 2.45) is 0 Å². The number of hydrogen-bond acceptors (Lipinski definition) is 2. The quantitative estimate of drug-likeness (QED) is 0.403. The second kappa shape index (κ2) is 2.78. The van der Waals surface area contributed by atoms with Crippen LogP contribution in [0.3, 0.4) is 0 Å². The zero-order valence-corrected chi connectivity index (χ0v) is 5.42. The molecule has 1 saturated heterocycles. The molecule has 1 heterocycles. The Labute approximate surface area is 55.2 Å². The molecule has 0 saturated carbocycles. The van der Waals surface area contributed by atoms with Crippen molar-refractivity contribution < 1.29 is 4.79 Å². The zero-order valence-electron chi connectivity index (χ0n) is 5.42. The van der Waals surface area contributed by atoms with Gasteiger partial charge in [0.15, 0.2) is 0 Å². The van der Waals surface area contributed by atoms with Crippen LogP contribution in [0.2, 0.25) is 0 Å². The topological polar surface area (TPSA) is 20.3 Å². The lowest BCUT2D eigenvalue weighted by molar-refractivity contribution is -0.115. The highest BCUT2D eigenvalue weighted by atomic mass is 16.1. The summed E-state index contributed by atoms with van der Waals surface area (Å²) < 4.78 is 0. The van der Waals surface area contributed by atoms with E-state index in [2.05, 4.69) is 11.5 Å². The molecule has 1 fully saturated rings. The van der Waals surface area contributed by atoms with E-state index in [9.17, 15) is 4.79 Å². The molecule has 1 aliphatic rings. The third kappa shape index (κ3) is 1.19. The van der Waals surface area contributed by atoms with Gasteiger partial charge in [0.25, 0.3) is 0 Å². The number of rotatable bonds is 3. The number of nitrogens with zero attached hydrogens (tertiary/aromatic N) is 1. The fraction of sp³-hybridized carbons (Fsp3) is 0.571. The van der Waals surface area contributed by atoms with Gasteiger partial charge in [-0.1, -0.05) is 6.08 Å². The van der Waals surface area contributed by atoms with E-state index in [1.165, 1.54) is 0 Å². The maximum absolute atomic E-state index is 10.2. The van der Waals surface area contributed by atoms with Crippen molar-refractivity contribution in [2.75, 3.05) is 13.1 Å². The van der Waals surface area contributed by atoms with Gasteiger partial charge in [0.05, 0.1) is 6.04 Å². The van der Waals surface area contributed by atoms with Gasteiger partial charge in [0.1, 0.15) is 6.29 Å². The molecule has 0 N–H and O–H groups in total. The fourth-order valence-corrected chi connectivity index (χ4v) is 1.01. The molecule has 0 aromatic carbocycles. The minimum absolute atomic E-state index is 0.183.